The molecule has 4 rings (SSSR count). The highest BCUT2D eigenvalue weighted by Crippen LogP contribution is 2.37. The van der Waals surface area contributed by atoms with Crippen LogP contribution >= 0.6 is 0 Å². The summed E-state index contributed by atoms with van der Waals surface area (Å²) in [5.74, 6) is -3.84. The molecular formula is C44H73NO17. The van der Waals surface area contributed by atoms with Gasteiger partial charge in [0.1, 0.15) is 49.0 Å². The van der Waals surface area contributed by atoms with Gasteiger partial charge in [-0.15, -0.1) is 0 Å². The van der Waals surface area contributed by atoms with Gasteiger partial charge in [0.25, 0.3) is 0 Å². The molecule has 7 N–H and O–H groups in total. The number of aliphatic hydroxyl groups excluding tert-OH is 6. The maximum absolute atomic E-state index is 13.6. The number of carbonyl (C=O) groups excluding carboxylic acids is 3. The molecule has 4 aliphatic rings. The Bertz CT molecular complexity index is 1530. The summed E-state index contributed by atoms with van der Waals surface area (Å²) >= 11 is 0. The topological polar surface area (TPSA) is 261 Å². The van der Waals surface area contributed by atoms with Crippen LogP contribution in [-0.4, -0.2) is 183 Å². The normalized spacial score (nSPS) is 47.0. The number of likely N-dealkylation sites (N-methyl/N-ethyl adjacent to an activating group) is 1. The molecule has 356 valence electrons. The van der Waals surface area contributed by atoms with Crippen LogP contribution in [0.15, 0.2) is 23.8 Å². The molecule has 4 heterocycles. The summed E-state index contributed by atoms with van der Waals surface area (Å²) < 4.78 is 42.6. The predicted molar refractivity (Wildman–Crippen MR) is 221 cm³/mol. The lowest BCUT2D eigenvalue weighted by molar-refractivity contribution is -0.341. The molecule has 0 radical (unpaired) electrons. The van der Waals surface area contributed by atoms with Gasteiger partial charge in [0.05, 0.1) is 55.2 Å². The lowest BCUT2D eigenvalue weighted by Gasteiger charge is -2.50. The minimum Gasteiger partial charge on any atom is -0.462 e. The molecule has 3 saturated heterocycles. The number of ketones is 1. The largest absolute Gasteiger partial charge is 0.462 e. The van der Waals surface area contributed by atoms with Crippen LogP contribution in [0.25, 0.3) is 0 Å². The maximum atomic E-state index is 13.6. The zero-order chi connectivity index (χ0) is 46.4. The Balaban J connectivity index is 1.61. The van der Waals surface area contributed by atoms with Crippen molar-refractivity contribution in [3.05, 3.63) is 23.8 Å². The molecule has 3 fully saturated rings. The van der Waals surface area contributed by atoms with Crippen LogP contribution in [0.1, 0.15) is 87.5 Å². The van der Waals surface area contributed by atoms with E-state index < -0.39 is 140 Å². The average molecular weight is 888 g/mol. The number of nitrogens with zero attached hydrogens (tertiary/aromatic N) is 1. The quantitative estimate of drug-likeness (QED) is 0.110. The number of cyclic esters (lactones) is 1. The van der Waals surface area contributed by atoms with E-state index in [4.69, 9.17) is 33.2 Å². The van der Waals surface area contributed by atoms with Crippen molar-refractivity contribution in [1.29, 1.82) is 0 Å². The van der Waals surface area contributed by atoms with E-state index in [2.05, 4.69) is 0 Å². The fourth-order valence-corrected chi connectivity index (χ4v) is 9.02. The first kappa shape index (κ1) is 52.4. The summed E-state index contributed by atoms with van der Waals surface area (Å²) in [7, 11) is 3.48. The molecule has 0 aromatic rings. The summed E-state index contributed by atoms with van der Waals surface area (Å²) in [5, 5.41) is 76.0. The minimum atomic E-state index is -1.56. The van der Waals surface area contributed by atoms with Crippen molar-refractivity contribution in [2.45, 2.75) is 191 Å². The Kier molecular flexibility index (Phi) is 19.2. The minimum absolute atomic E-state index is 0.0454. The van der Waals surface area contributed by atoms with Gasteiger partial charge >= 0.3 is 5.97 Å². The molecule has 18 nitrogen and oxygen atoms in total. The van der Waals surface area contributed by atoms with Crippen molar-refractivity contribution >= 4 is 18.0 Å². The first-order valence-corrected chi connectivity index (χ1v) is 21.9. The fourth-order valence-electron chi connectivity index (χ4n) is 9.02. The van der Waals surface area contributed by atoms with Gasteiger partial charge in [-0.2, -0.15) is 0 Å². The zero-order valence-corrected chi connectivity index (χ0v) is 37.8. The van der Waals surface area contributed by atoms with Gasteiger partial charge in [-0.3, -0.25) is 9.59 Å². The lowest BCUT2D eigenvalue weighted by Crippen LogP contribution is -2.65. The van der Waals surface area contributed by atoms with E-state index in [1.54, 1.807) is 72.7 Å². The molecule has 21 atom stereocenters. The Hall–Kier alpha value is -2.27. The molecular weight excluding hydrogens is 814 g/mol. The summed E-state index contributed by atoms with van der Waals surface area (Å²) in [6, 6.07) is -0.761. The third-order valence-corrected chi connectivity index (χ3v) is 12.9. The first-order chi connectivity index (χ1) is 29.0. The second kappa shape index (κ2) is 22.8. The number of esters is 1. The molecule has 0 aromatic carbocycles. The summed E-state index contributed by atoms with van der Waals surface area (Å²) in [6.45, 7) is 13.1. The molecule has 0 bridgehead atoms. The van der Waals surface area contributed by atoms with Gasteiger partial charge in [-0.05, 0) is 73.5 Å². The van der Waals surface area contributed by atoms with Crippen LogP contribution in [0, 0.1) is 23.7 Å². The van der Waals surface area contributed by atoms with Crippen LogP contribution in [-0.2, 0) is 47.5 Å². The van der Waals surface area contributed by atoms with E-state index >= 15 is 0 Å². The summed E-state index contributed by atoms with van der Waals surface area (Å²) in [4.78, 5) is 41.3. The van der Waals surface area contributed by atoms with E-state index in [0.29, 0.717) is 18.3 Å². The van der Waals surface area contributed by atoms with Gasteiger partial charge in [0.2, 0.25) is 0 Å². The number of ether oxygens (including phenoxy) is 7. The van der Waals surface area contributed by atoms with Crippen LogP contribution in [0.5, 0.6) is 0 Å². The van der Waals surface area contributed by atoms with Gasteiger partial charge in [0, 0.05) is 30.6 Å². The fraction of sp³-hybridized carbons (Fsp3) is 0.841. The number of aliphatic hydroxyl groups is 7. The van der Waals surface area contributed by atoms with E-state index in [1.807, 2.05) is 0 Å². The Labute approximate surface area is 365 Å². The zero-order valence-electron chi connectivity index (χ0n) is 37.8. The van der Waals surface area contributed by atoms with Crippen LogP contribution in [0.3, 0.4) is 0 Å². The number of aldehydes is 1. The smallest absolute Gasteiger partial charge is 0.308 e. The van der Waals surface area contributed by atoms with Crippen molar-refractivity contribution in [2.24, 2.45) is 23.7 Å². The highest BCUT2D eigenvalue weighted by molar-refractivity contribution is 5.91. The van der Waals surface area contributed by atoms with E-state index in [0.717, 1.165) is 0 Å². The third kappa shape index (κ3) is 13.0. The van der Waals surface area contributed by atoms with Crippen LogP contribution < -0.4 is 0 Å². The van der Waals surface area contributed by atoms with Crippen LogP contribution in [0.4, 0.5) is 0 Å². The molecule has 0 amide bonds. The van der Waals surface area contributed by atoms with Gasteiger partial charge in [-0.25, -0.2) is 0 Å². The van der Waals surface area contributed by atoms with Crippen LogP contribution in [0.2, 0.25) is 0 Å². The van der Waals surface area contributed by atoms with Gasteiger partial charge < -0.3 is 78.6 Å². The molecule has 0 aromatic heterocycles. The molecule has 2 unspecified atom stereocenters. The molecule has 0 saturated carbocycles. The second-order valence-electron chi connectivity index (χ2n) is 18.3. The lowest BCUT2D eigenvalue weighted by atomic mass is 9.79. The monoisotopic (exact) mass is 887 g/mol. The number of hydrogen-bond donors (Lipinski definition) is 7. The Morgan fingerprint density at radius 3 is 2.13 bits per heavy atom. The van der Waals surface area contributed by atoms with Crippen molar-refractivity contribution in [3.63, 3.8) is 0 Å². The van der Waals surface area contributed by atoms with E-state index in [-0.39, 0.29) is 31.7 Å². The number of carbonyl (C=O) groups is 3. The highest BCUT2D eigenvalue weighted by atomic mass is 16.7. The number of rotatable bonds is 11. The summed E-state index contributed by atoms with van der Waals surface area (Å²) in [6.07, 6.45) is -11.6. The van der Waals surface area contributed by atoms with Crippen molar-refractivity contribution in [1.82, 2.24) is 4.90 Å². The van der Waals surface area contributed by atoms with Gasteiger partial charge in [0.15, 0.2) is 24.7 Å². The highest BCUT2D eigenvalue weighted by Gasteiger charge is 2.51. The Morgan fingerprint density at radius 1 is 0.855 bits per heavy atom. The third-order valence-electron chi connectivity index (χ3n) is 12.9. The van der Waals surface area contributed by atoms with E-state index in [1.165, 1.54) is 19.9 Å². The SMILES string of the molecule is CCC1OC(=O)C[C@@H](O)[C@H](C)C(O[C@@H]2O[C@H](C)[C@@H](O[C@H]3C[C@@](C)(O)[C@@H](O)[C@H](C)O3)[C@H](N(C)C)[C@H]2O)[C@@H](CC=O)C[C@@H](C)C(=O)/C=C\C(C)=C\[C@@H]1CO[C@@H]1O[C@H](C)[C@@H](O)[C@@H](O)[C@H]1O. The Morgan fingerprint density at radius 2 is 1.52 bits per heavy atom. The predicted octanol–water partition coefficient (Wildman–Crippen LogP) is 0.525. The standard InChI is InChI=1S/C44H73NO17/c1-11-31-28(20-56-42-38(53)37(52)35(50)24(5)58-42)16-21(2)12-13-29(47)22(3)17-27(14-15-46)39(23(4)30(48)18-32(49)60-31)62-43-36(51)34(45(9)10)40(25(6)59-43)61-33-19-44(8,55)41(54)26(7)57-33/h12-13,15-16,22-28,30-31,33-43,48,50-55H,11,14,17-20H2,1-10H3/b13-12-,21-16+/t22-,23+,24-,25-,26+,27+,28-,30-,31?,33+,34-,35-,36-,37-,38-,39?,40-,41+,42-,43+,44-/m1/s1. The summed E-state index contributed by atoms with van der Waals surface area (Å²) in [5.41, 5.74) is -0.876. The maximum Gasteiger partial charge on any atom is 0.308 e. The first-order valence-electron chi connectivity index (χ1n) is 21.9. The van der Waals surface area contributed by atoms with E-state index in [9.17, 15) is 50.1 Å². The van der Waals surface area contributed by atoms with Crippen molar-refractivity contribution in [3.8, 4) is 0 Å². The van der Waals surface area contributed by atoms with Crippen molar-refractivity contribution < 1.29 is 83.3 Å². The second-order valence-corrected chi connectivity index (χ2v) is 18.3. The molecule has 0 aliphatic carbocycles. The molecule has 0 spiro atoms. The molecule has 18 heteroatoms. The molecule has 62 heavy (non-hydrogen) atoms. The average Bonchev–Trinajstić information content (AvgIpc) is 3.20. The number of allylic oxidation sites excluding steroid dienone is 3. The molecule has 4 aliphatic heterocycles. The van der Waals surface area contributed by atoms with Gasteiger partial charge in [-0.1, -0.05) is 38.5 Å². The van der Waals surface area contributed by atoms with Crippen molar-refractivity contribution in [2.75, 3.05) is 20.7 Å². The number of hydrogen-bond acceptors (Lipinski definition) is 18.